The fourth-order valence-electron chi connectivity index (χ4n) is 1.78. The number of furan rings is 1. The SMILES string of the molecule is Cn1nccc1-c1ccc(CNC(=O)NC(C)(C)C)o1. The van der Waals surface area contributed by atoms with Crippen molar-refractivity contribution in [3.8, 4) is 11.5 Å². The minimum absolute atomic E-state index is 0.212. The summed E-state index contributed by atoms with van der Waals surface area (Å²) in [5.74, 6) is 1.43. The first-order valence-electron chi connectivity index (χ1n) is 6.48. The summed E-state index contributed by atoms with van der Waals surface area (Å²) in [7, 11) is 1.85. The summed E-state index contributed by atoms with van der Waals surface area (Å²) >= 11 is 0. The summed E-state index contributed by atoms with van der Waals surface area (Å²) in [6.45, 7) is 6.14. The lowest BCUT2D eigenvalue weighted by Crippen LogP contribution is -2.46. The Hall–Kier alpha value is -2.24. The van der Waals surface area contributed by atoms with Crippen LogP contribution in [0.5, 0.6) is 0 Å². The van der Waals surface area contributed by atoms with E-state index < -0.39 is 0 Å². The van der Waals surface area contributed by atoms with Gasteiger partial charge < -0.3 is 15.1 Å². The second-order valence-corrected chi connectivity index (χ2v) is 5.66. The molecule has 108 valence electrons. The van der Waals surface area contributed by atoms with Gasteiger partial charge in [0.1, 0.15) is 11.5 Å². The maximum absolute atomic E-state index is 11.6. The quantitative estimate of drug-likeness (QED) is 0.903. The number of amides is 2. The molecule has 20 heavy (non-hydrogen) atoms. The van der Waals surface area contributed by atoms with Crippen molar-refractivity contribution in [2.75, 3.05) is 0 Å². The molecule has 0 aliphatic rings. The zero-order valence-corrected chi connectivity index (χ0v) is 12.2. The zero-order valence-electron chi connectivity index (χ0n) is 12.2. The van der Waals surface area contributed by atoms with Crippen LogP contribution < -0.4 is 10.6 Å². The minimum Gasteiger partial charge on any atom is -0.458 e. The molecular weight excluding hydrogens is 256 g/mol. The molecule has 0 atom stereocenters. The van der Waals surface area contributed by atoms with Gasteiger partial charge in [0, 0.05) is 18.8 Å². The number of carbonyl (C=O) groups is 1. The van der Waals surface area contributed by atoms with Crippen LogP contribution in [0.4, 0.5) is 4.79 Å². The van der Waals surface area contributed by atoms with Crippen molar-refractivity contribution in [3.63, 3.8) is 0 Å². The molecule has 0 unspecified atom stereocenters. The van der Waals surface area contributed by atoms with Crippen molar-refractivity contribution >= 4 is 6.03 Å². The highest BCUT2D eigenvalue weighted by molar-refractivity contribution is 5.74. The largest absolute Gasteiger partial charge is 0.458 e. The third-order valence-electron chi connectivity index (χ3n) is 2.65. The highest BCUT2D eigenvalue weighted by Gasteiger charge is 2.14. The van der Waals surface area contributed by atoms with E-state index in [2.05, 4.69) is 15.7 Å². The molecule has 0 radical (unpaired) electrons. The van der Waals surface area contributed by atoms with E-state index in [1.54, 1.807) is 10.9 Å². The van der Waals surface area contributed by atoms with E-state index in [0.29, 0.717) is 12.3 Å². The van der Waals surface area contributed by atoms with Gasteiger partial charge in [0.2, 0.25) is 0 Å². The molecule has 2 rings (SSSR count). The molecule has 2 amide bonds. The van der Waals surface area contributed by atoms with Gasteiger partial charge in [0.25, 0.3) is 0 Å². The lowest BCUT2D eigenvalue weighted by Gasteiger charge is -2.20. The molecule has 2 N–H and O–H groups in total. The molecule has 6 heteroatoms. The van der Waals surface area contributed by atoms with E-state index in [0.717, 1.165) is 11.5 Å². The van der Waals surface area contributed by atoms with Gasteiger partial charge in [0.05, 0.1) is 6.54 Å². The average Bonchev–Trinajstić information content (AvgIpc) is 2.92. The van der Waals surface area contributed by atoms with E-state index in [9.17, 15) is 4.79 Å². The van der Waals surface area contributed by atoms with Gasteiger partial charge in [-0.05, 0) is 39.0 Å². The van der Waals surface area contributed by atoms with Crippen LogP contribution in [0.2, 0.25) is 0 Å². The van der Waals surface area contributed by atoms with Gasteiger partial charge in [-0.3, -0.25) is 4.68 Å². The van der Waals surface area contributed by atoms with Crippen molar-refractivity contribution in [2.45, 2.75) is 32.9 Å². The maximum atomic E-state index is 11.6. The van der Waals surface area contributed by atoms with Crippen molar-refractivity contribution in [2.24, 2.45) is 7.05 Å². The Morgan fingerprint density at radius 2 is 2.10 bits per heavy atom. The number of nitrogens with zero attached hydrogens (tertiary/aromatic N) is 2. The molecule has 0 spiro atoms. The third-order valence-corrected chi connectivity index (χ3v) is 2.65. The van der Waals surface area contributed by atoms with Gasteiger partial charge >= 0.3 is 6.03 Å². The van der Waals surface area contributed by atoms with Crippen molar-refractivity contribution in [3.05, 3.63) is 30.2 Å². The Kier molecular flexibility index (Phi) is 3.83. The lowest BCUT2D eigenvalue weighted by atomic mass is 10.1. The highest BCUT2D eigenvalue weighted by Crippen LogP contribution is 2.20. The molecule has 0 saturated heterocycles. The van der Waals surface area contributed by atoms with Crippen LogP contribution in [0.3, 0.4) is 0 Å². The second-order valence-electron chi connectivity index (χ2n) is 5.66. The van der Waals surface area contributed by atoms with Crippen molar-refractivity contribution in [1.29, 1.82) is 0 Å². The van der Waals surface area contributed by atoms with Crippen LogP contribution >= 0.6 is 0 Å². The molecule has 0 bridgehead atoms. The Labute approximate surface area is 118 Å². The smallest absolute Gasteiger partial charge is 0.315 e. The average molecular weight is 276 g/mol. The first-order valence-corrected chi connectivity index (χ1v) is 6.48. The first kappa shape index (κ1) is 14.2. The Balaban J connectivity index is 1.94. The van der Waals surface area contributed by atoms with E-state index in [-0.39, 0.29) is 11.6 Å². The van der Waals surface area contributed by atoms with Gasteiger partial charge in [-0.15, -0.1) is 0 Å². The molecule has 2 aromatic heterocycles. The third kappa shape index (κ3) is 3.63. The Bertz CT molecular complexity index is 592. The van der Waals surface area contributed by atoms with E-state index in [1.807, 2.05) is 46.0 Å². The number of nitrogens with one attached hydrogen (secondary N) is 2. The monoisotopic (exact) mass is 276 g/mol. The van der Waals surface area contributed by atoms with Crippen molar-refractivity contribution < 1.29 is 9.21 Å². The second kappa shape index (κ2) is 5.40. The molecule has 2 heterocycles. The normalized spacial score (nSPS) is 11.4. The maximum Gasteiger partial charge on any atom is 0.315 e. The predicted octanol–water partition coefficient (Wildman–Crippen LogP) is 2.28. The summed E-state index contributed by atoms with van der Waals surface area (Å²) < 4.78 is 7.42. The number of carbonyl (C=O) groups excluding carboxylic acids is 1. The van der Waals surface area contributed by atoms with Crippen LogP contribution in [0.25, 0.3) is 11.5 Å². The fourth-order valence-corrected chi connectivity index (χ4v) is 1.78. The minimum atomic E-state index is -0.257. The number of aromatic nitrogens is 2. The highest BCUT2D eigenvalue weighted by atomic mass is 16.3. The van der Waals surface area contributed by atoms with Crippen molar-refractivity contribution in [1.82, 2.24) is 20.4 Å². The number of aryl methyl sites for hydroxylation is 1. The first-order chi connectivity index (χ1) is 9.35. The molecular formula is C14H20N4O2. The molecule has 6 nitrogen and oxygen atoms in total. The van der Waals surface area contributed by atoms with Crippen LogP contribution in [0.15, 0.2) is 28.8 Å². The molecule has 0 aliphatic heterocycles. The summed E-state index contributed by atoms with van der Waals surface area (Å²) in [5, 5.41) is 9.68. The topological polar surface area (TPSA) is 72.1 Å². The molecule has 0 saturated carbocycles. The Morgan fingerprint density at radius 3 is 2.70 bits per heavy atom. The summed E-state index contributed by atoms with van der Waals surface area (Å²) in [6.07, 6.45) is 1.71. The summed E-state index contributed by atoms with van der Waals surface area (Å²) in [4.78, 5) is 11.6. The zero-order chi connectivity index (χ0) is 14.8. The number of rotatable bonds is 3. The summed E-state index contributed by atoms with van der Waals surface area (Å²) in [6, 6.07) is 5.38. The van der Waals surface area contributed by atoms with E-state index in [4.69, 9.17) is 4.42 Å². The van der Waals surface area contributed by atoms with Gasteiger partial charge in [-0.1, -0.05) is 0 Å². The molecule has 0 aromatic carbocycles. The van der Waals surface area contributed by atoms with E-state index >= 15 is 0 Å². The Morgan fingerprint density at radius 1 is 1.35 bits per heavy atom. The lowest BCUT2D eigenvalue weighted by molar-refractivity contribution is 0.230. The number of urea groups is 1. The molecule has 0 fully saturated rings. The number of hydrogen-bond donors (Lipinski definition) is 2. The fraction of sp³-hybridized carbons (Fsp3) is 0.429. The van der Waals surface area contributed by atoms with Gasteiger partial charge in [-0.25, -0.2) is 4.79 Å². The molecule has 0 aliphatic carbocycles. The summed E-state index contributed by atoms with van der Waals surface area (Å²) in [5.41, 5.74) is 0.642. The predicted molar refractivity (Wildman–Crippen MR) is 76.0 cm³/mol. The van der Waals surface area contributed by atoms with Gasteiger partial charge in [-0.2, -0.15) is 5.10 Å². The van der Waals surface area contributed by atoms with Gasteiger partial charge in [0.15, 0.2) is 5.76 Å². The van der Waals surface area contributed by atoms with Crippen LogP contribution in [0, 0.1) is 0 Å². The van der Waals surface area contributed by atoms with Crippen LogP contribution in [0.1, 0.15) is 26.5 Å². The van der Waals surface area contributed by atoms with E-state index in [1.165, 1.54) is 0 Å². The van der Waals surface area contributed by atoms with Crippen LogP contribution in [-0.2, 0) is 13.6 Å². The molecule has 2 aromatic rings. The standard InChI is InChI=1S/C14H20N4O2/c1-14(2,3)17-13(19)15-9-10-5-6-12(20-10)11-7-8-16-18(11)4/h5-8H,9H2,1-4H3,(H2,15,17,19). The van der Waals surface area contributed by atoms with Crippen LogP contribution in [-0.4, -0.2) is 21.4 Å². The number of hydrogen-bond acceptors (Lipinski definition) is 3.